The van der Waals surface area contributed by atoms with E-state index in [0.717, 1.165) is 16.9 Å². The smallest absolute Gasteiger partial charge is 0.234 e. The highest BCUT2D eigenvalue weighted by atomic mass is 16.5. The van der Waals surface area contributed by atoms with E-state index in [1.54, 1.807) is 12.4 Å². The average molecular weight is 392 g/mol. The first-order valence-corrected chi connectivity index (χ1v) is 9.95. The van der Waals surface area contributed by atoms with Crippen LogP contribution in [0.1, 0.15) is 42.6 Å². The van der Waals surface area contributed by atoms with E-state index in [1.807, 2.05) is 68.4 Å². The van der Waals surface area contributed by atoms with Crippen molar-refractivity contribution in [1.82, 2.24) is 9.55 Å². The maximum Gasteiger partial charge on any atom is 0.234 e. The minimum atomic E-state index is -1.07. The Labute approximate surface area is 172 Å². The molecule has 0 saturated heterocycles. The number of benzene rings is 2. The molecule has 3 rings (SSSR count). The summed E-state index contributed by atoms with van der Waals surface area (Å²) in [6, 6.07) is 18.0. The molecule has 5 nitrogen and oxygen atoms in total. The minimum Gasteiger partial charge on any atom is -0.489 e. The summed E-state index contributed by atoms with van der Waals surface area (Å²) in [4.78, 5) is 16.3. The molecule has 0 fully saturated rings. The number of nitrogens with zero attached hydrogens (tertiary/aromatic N) is 2. The molecule has 0 aliphatic carbocycles. The van der Waals surface area contributed by atoms with E-state index in [0.29, 0.717) is 19.4 Å². The summed E-state index contributed by atoms with van der Waals surface area (Å²) >= 11 is 0. The van der Waals surface area contributed by atoms with Crippen LogP contribution in [0, 0.1) is 5.92 Å². The summed E-state index contributed by atoms with van der Waals surface area (Å²) < 4.78 is 7.24. The number of imidazole rings is 1. The Bertz CT molecular complexity index is 890. The standard InChI is InChI=1S/C24H28N2O3/c1-19(2)24(28,16-23(27)26-15-14-25-18-26)13-12-20-8-10-22(11-9-20)29-17-21-6-4-3-5-7-21/h3-11,14-15,18-19,28H,12-13,16-17H2,1-2H3. The molecule has 1 N–H and O–H groups in total. The zero-order chi connectivity index (χ0) is 20.7. The van der Waals surface area contributed by atoms with Crippen molar-refractivity contribution in [1.29, 1.82) is 0 Å². The molecule has 0 aliphatic heterocycles. The van der Waals surface area contributed by atoms with Crippen molar-refractivity contribution in [3.63, 3.8) is 0 Å². The molecule has 0 bridgehead atoms. The van der Waals surface area contributed by atoms with Gasteiger partial charge in [0.05, 0.1) is 12.0 Å². The second-order valence-corrected chi connectivity index (χ2v) is 7.72. The fraction of sp³-hybridized carbons (Fsp3) is 0.333. The highest BCUT2D eigenvalue weighted by Gasteiger charge is 2.33. The molecule has 0 spiro atoms. The highest BCUT2D eigenvalue weighted by Crippen LogP contribution is 2.28. The molecular weight excluding hydrogens is 364 g/mol. The summed E-state index contributed by atoms with van der Waals surface area (Å²) in [5.41, 5.74) is 1.16. The van der Waals surface area contributed by atoms with Crippen LogP contribution in [0.5, 0.6) is 5.75 Å². The van der Waals surface area contributed by atoms with Gasteiger partial charge in [0.1, 0.15) is 18.7 Å². The van der Waals surface area contributed by atoms with E-state index in [4.69, 9.17) is 4.74 Å². The summed E-state index contributed by atoms with van der Waals surface area (Å²) in [5, 5.41) is 11.1. The van der Waals surface area contributed by atoms with Crippen molar-refractivity contribution in [2.75, 3.05) is 0 Å². The number of hydrogen-bond donors (Lipinski definition) is 1. The number of aromatic nitrogens is 2. The Kier molecular flexibility index (Phi) is 6.83. The van der Waals surface area contributed by atoms with E-state index in [2.05, 4.69) is 4.98 Å². The van der Waals surface area contributed by atoms with Gasteiger partial charge in [0.2, 0.25) is 5.91 Å². The number of aliphatic hydroxyl groups is 1. The molecule has 1 aromatic heterocycles. The average Bonchev–Trinajstić information content (AvgIpc) is 3.27. The summed E-state index contributed by atoms with van der Waals surface area (Å²) in [6.07, 6.45) is 5.90. The molecule has 152 valence electrons. The van der Waals surface area contributed by atoms with Gasteiger partial charge in [-0.15, -0.1) is 0 Å². The fourth-order valence-corrected chi connectivity index (χ4v) is 3.20. The van der Waals surface area contributed by atoms with Gasteiger partial charge in [-0.05, 0) is 42.0 Å². The molecule has 1 atom stereocenters. The van der Waals surface area contributed by atoms with E-state index in [9.17, 15) is 9.90 Å². The molecule has 0 aliphatic rings. The summed E-state index contributed by atoms with van der Waals surface area (Å²) in [5.74, 6) is 0.624. The Morgan fingerprint density at radius 1 is 1.10 bits per heavy atom. The van der Waals surface area contributed by atoms with Crippen LogP contribution in [0.4, 0.5) is 0 Å². The second-order valence-electron chi connectivity index (χ2n) is 7.72. The zero-order valence-electron chi connectivity index (χ0n) is 17.0. The lowest BCUT2D eigenvalue weighted by Crippen LogP contribution is -2.39. The maximum atomic E-state index is 12.4. The molecule has 0 amide bonds. The van der Waals surface area contributed by atoms with Gasteiger partial charge in [0.25, 0.3) is 0 Å². The van der Waals surface area contributed by atoms with E-state index in [-0.39, 0.29) is 18.2 Å². The van der Waals surface area contributed by atoms with E-state index >= 15 is 0 Å². The van der Waals surface area contributed by atoms with Gasteiger partial charge in [-0.2, -0.15) is 0 Å². The molecule has 1 unspecified atom stereocenters. The van der Waals surface area contributed by atoms with Crippen molar-refractivity contribution >= 4 is 5.91 Å². The fourth-order valence-electron chi connectivity index (χ4n) is 3.20. The third kappa shape index (κ3) is 5.78. The largest absolute Gasteiger partial charge is 0.489 e. The minimum absolute atomic E-state index is 0.0385. The summed E-state index contributed by atoms with van der Waals surface area (Å²) in [6.45, 7) is 4.42. The zero-order valence-corrected chi connectivity index (χ0v) is 17.0. The van der Waals surface area contributed by atoms with E-state index in [1.165, 1.54) is 10.9 Å². The van der Waals surface area contributed by atoms with Crippen LogP contribution in [0.2, 0.25) is 0 Å². The lowest BCUT2D eigenvalue weighted by atomic mass is 9.82. The van der Waals surface area contributed by atoms with Crippen molar-refractivity contribution in [3.8, 4) is 5.75 Å². The maximum absolute atomic E-state index is 12.4. The molecule has 0 saturated carbocycles. The van der Waals surface area contributed by atoms with Crippen LogP contribution < -0.4 is 4.74 Å². The Balaban J connectivity index is 1.56. The quantitative estimate of drug-likeness (QED) is 0.582. The number of hydrogen-bond acceptors (Lipinski definition) is 4. The van der Waals surface area contributed by atoms with Crippen LogP contribution in [0.15, 0.2) is 73.3 Å². The first-order valence-electron chi connectivity index (χ1n) is 9.95. The highest BCUT2D eigenvalue weighted by molar-refractivity contribution is 5.79. The van der Waals surface area contributed by atoms with Gasteiger partial charge in [-0.1, -0.05) is 56.3 Å². The van der Waals surface area contributed by atoms with Gasteiger partial charge in [0, 0.05) is 12.4 Å². The SMILES string of the molecule is CC(C)C(O)(CCc1ccc(OCc2ccccc2)cc1)CC(=O)n1ccnc1. The normalized spacial score (nSPS) is 13.2. The number of ether oxygens (including phenoxy) is 1. The number of carbonyl (C=O) groups excluding carboxylic acids is 1. The Hall–Kier alpha value is -2.92. The van der Waals surface area contributed by atoms with Crippen LogP contribution in [0.25, 0.3) is 0 Å². The van der Waals surface area contributed by atoms with Crippen LogP contribution in [-0.4, -0.2) is 26.2 Å². The Morgan fingerprint density at radius 3 is 2.45 bits per heavy atom. The lowest BCUT2D eigenvalue weighted by Gasteiger charge is -2.31. The predicted molar refractivity (Wildman–Crippen MR) is 113 cm³/mol. The lowest BCUT2D eigenvalue weighted by molar-refractivity contribution is -0.0173. The molecule has 0 radical (unpaired) electrons. The third-order valence-corrected chi connectivity index (χ3v) is 5.34. The molecule has 3 aromatic rings. The second kappa shape index (κ2) is 9.52. The molecule has 5 heteroatoms. The first kappa shape index (κ1) is 20.8. The number of carbonyl (C=O) groups is 1. The molecule has 1 heterocycles. The van der Waals surface area contributed by atoms with E-state index < -0.39 is 5.60 Å². The molecule has 2 aromatic carbocycles. The van der Waals surface area contributed by atoms with Crippen molar-refractivity contribution in [3.05, 3.63) is 84.4 Å². The van der Waals surface area contributed by atoms with Crippen LogP contribution in [0.3, 0.4) is 0 Å². The summed E-state index contributed by atoms with van der Waals surface area (Å²) in [7, 11) is 0. The van der Waals surface area contributed by atoms with Crippen molar-refractivity contribution in [2.24, 2.45) is 5.92 Å². The van der Waals surface area contributed by atoms with Crippen molar-refractivity contribution in [2.45, 2.75) is 45.3 Å². The first-order chi connectivity index (χ1) is 14.0. The third-order valence-electron chi connectivity index (χ3n) is 5.34. The topological polar surface area (TPSA) is 64.3 Å². The molecular formula is C24H28N2O3. The predicted octanol–water partition coefficient (Wildman–Crippen LogP) is 4.51. The number of rotatable bonds is 9. The van der Waals surface area contributed by atoms with Crippen LogP contribution in [-0.2, 0) is 13.0 Å². The molecule has 29 heavy (non-hydrogen) atoms. The Morgan fingerprint density at radius 2 is 1.83 bits per heavy atom. The van der Waals surface area contributed by atoms with Crippen molar-refractivity contribution < 1.29 is 14.6 Å². The van der Waals surface area contributed by atoms with Gasteiger partial charge < -0.3 is 9.84 Å². The number of aryl methyl sites for hydroxylation is 1. The van der Waals surface area contributed by atoms with Gasteiger partial charge >= 0.3 is 0 Å². The van der Waals surface area contributed by atoms with Gasteiger partial charge in [0.15, 0.2) is 0 Å². The van der Waals surface area contributed by atoms with Gasteiger partial charge in [-0.3, -0.25) is 9.36 Å². The van der Waals surface area contributed by atoms with Crippen LogP contribution >= 0.6 is 0 Å². The monoisotopic (exact) mass is 392 g/mol. The van der Waals surface area contributed by atoms with Gasteiger partial charge in [-0.25, -0.2) is 4.98 Å².